The number of fused-ring (bicyclic) bond motifs is 1. The Morgan fingerprint density at radius 1 is 1.14 bits per heavy atom. The number of primary sulfonamides is 1. The maximum Gasteiger partial charge on any atom is 0.238 e. The molecule has 0 radical (unpaired) electrons. The summed E-state index contributed by atoms with van der Waals surface area (Å²) < 4.78 is 23.2. The van der Waals surface area contributed by atoms with Crippen LogP contribution in [0.25, 0.3) is 11.1 Å². The van der Waals surface area contributed by atoms with Crippen molar-refractivity contribution < 1.29 is 18.0 Å². The highest BCUT2D eigenvalue weighted by Gasteiger charge is 2.30. The summed E-state index contributed by atoms with van der Waals surface area (Å²) in [5.74, 6) is -0.590. The molecule has 0 fully saturated rings. The number of thiophene rings is 1. The normalized spacial score (nSPS) is 13.7. The molecular weight excluding hydrogens is 408 g/mol. The summed E-state index contributed by atoms with van der Waals surface area (Å²) in [6.45, 7) is 1.86. The number of ketones is 2. The van der Waals surface area contributed by atoms with Gasteiger partial charge in [-0.2, -0.15) is 0 Å². The van der Waals surface area contributed by atoms with Crippen molar-refractivity contribution in [2.24, 2.45) is 10.1 Å². The zero-order chi connectivity index (χ0) is 20.8. The second-order valence-electron chi connectivity index (χ2n) is 6.71. The number of sulfonamides is 1. The van der Waals surface area contributed by atoms with Crippen LogP contribution in [0.2, 0.25) is 0 Å². The summed E-state index contributed by atoms with van der Waals surface area (Å²) in [6.07, 6.45) is 0. The van der Waals surface area contributed by atoms with Crippen LogP contribution in [0.3, 0.4) is 0 Å². The van der Waals surface area contributed by atoms with Crippen LogP contribution >= 0.6 is 11.3 Å². The van der Waals surface area contributed by atoms with E-state index < -0.39 is 15.8 Å². The third kappa shape index (κ3) is 3.57. The van der Waals surface area contributed by atoms with Crippen molar-refractivity contribution in [3.63, 3.8) is 0 Å². The molecule has 6 nitrogen and oxygen atoms in total. The van der Waals surface area contributed by atoms with E-state index in [9.17, 15) is 18.0 Å². The van der Waals surface area contributed by atoms with Gasteiger partial charge in [-0.1, -0.05) is 42.0 Å². The summed E-state index contributed by atoms with van der Waals surface area (Å²) in [5, 5.41) is 7.01. The fraction of sp³-hybridized carbons (Fsp3) is 0.0952. The molecule has 146 valence electrons. The van der Waals surface area contributed by atoms with E-state index in [0.717, 1.165) is 16.7 Å². The first kappa shape index (κ1) is 19.4. The van der Waals surface area contributed by atoms with Gasteiger partial charge in [0.1, 0.15) is 12.3 Å². The van der Waals surface area contributed by atoms with Crippen molar-refractivity contribution in [3.05, 3.63) is 75.5 Å². The third-order valence-electron chi connectivity index (χ3n) is 4.67. The Kier molecular flexibility index (Phi) is 4.77. The van der Waals surface area contributed by atoms with Crippen molar-refractivity contribution >= 4 is 38.6 Å². The van der Waals surface area contributed by atoms with Crippen LogP contribution in [-0.2, 0) is 10.0 Å². The van der Waals surface area contributed by atoms with Crippen molar-refractivity contribution in [2.75, 3.05) is 6.54 Å². The molecule has 0 saturated heterocycles. The first-order valence-electron chi connectivity index (χ1n) is 8.70. The molecule has 0 amide bonds. The fourth-order valence-electron chi connectivity index (χ4n) is 3.18. The molecule has 3 aromatic rings. The van der Waals surface area contributed by atoms with Gasteiger partial charge in [0, 0.05) is 22.1 Å². The van der Waals surface area contributed by atoms with Crippen molar-refractivity contribution in [1.29, 1.82) is 0 Å². The first-order valence-corrected chi connectivity index (χ1v) is 11.1. The van der Waals surface area contributed by atoms with E-state index >= 15 is 0 Å². The molecular formula is C21H16N2O4S2. The Morgan fingerprint density at radius 3 is 2.55 bits per heavy atom. The molecule has 2 heterocycles. The van der Waals surface area contributed by atoms with Crippen LogP contribution in [0, 0.1) is 6.92 Å². The number of aryl methyl sites for hydroxylation is 1. The lowest BCUT2D eigenvalue weighted by atomic mass is 9.94. The lowest BCUT2D eigenvalue weighted by Crippen LogP contribution is -2.24. The monoisotopic (exact) mass is 424 g/mol. The van der Waals surface area contributed by atoms with Crippen LogP contribution in [0.5, 0.6) is 0 Å². The molecule has 4 rings (SSSR count). The van der Waals surface area contributed by atoms with Crippen LogP contribution < -0.4 is 5.14 Å². The van der Waals surface area contributed by atoms with E-state index in [0.29, 0.717) is 10.4 Å². The molecule has 0 bridgehead atoms. The van der Waals surface area contributed by atoms with Crippen molar-refractivity contribution in [1.82, 2.24) is 0 Å². The average Bonchev–Trinajstić information content (AvgIpc) is 3.14. The highest BCUT2D eigenvalue weighted by Crippen LogP contribution is 2.35. The fourth-order valence-corrected chi connectivity index (χ4v) is 4.84. The number of hydrogen-bond donors (Lipinski definition) is 1. The Labute approximate surface area is 171 Å². The van der Waals surface area contributed by atoms with E-state index in [-0.39, 0.29) is 28.5 Å². The molecule has 0 aliphatic carbocycles. The first-order chi connectivity index (χ1) is 13.8. The summed E-state index contributed by atoms with van der Waals surface area (Å²) in [4.78, 5) is 30.2. The number of nitrogens with zero attached hydrogens (tertiary/aromatic N) is 1. The van der Waals surface area contributed by atoms with E-state index in [2.05, 4.69) is 4.99 Å². The number of hydrogen-bond acceptors (Lipinski definition) is 6. The quantitative estimate of drug-likeness (QED) is 0.649. The van der Waals surface area contributed by atoms with Gasteiger partial charge in [0.05, 0.1) is 9.77 Å². The summed E-state index contributed by atoms with van der Waals surface area (Å²) in [6, 6.07) is 13.3. The smallest absolute Gasteiger partial charge is 0.238 e. The van der Waals surface area contributed by atoms with Crippen LogP contribution in [0.15, 0.2) is 63.8 Å². The molecule has 0 unspecified atom stereocenters. The standard InChI is InChI=1S/C21H16N2O4S2/c1-12-5-7-13(8-6-12)16-11-28-21-18(16)17(24)10-23-19(21)20(25)14-3-2-4-15(9-14)29(22,26)27/h2-9,11H,10H2,1H3,(H2,22,26,27). The van der Waals surface area contributed by atoms with Gasteiger partial charge in [0.25, 0.3) is 0 Å². The maximum absolute atomic E-state index is 13.1. The van der Waals surface area contributed by atoms with Gasteiger partial charge in [0.15, 0.2) is 5.78 Å². The number of nitrogens with two attached hydrogens (primary N) is 1. The summed E-state index contributed by atoms with van der Waals surface area (Å²) in [5.41, 5.74) is 3.58. The van der Waals surface area contributed by atoms with Gasteiger partial charge in [-0.15, -0.1) is 11.3 Å². The Bertz CT molecular complexity index is 1290. The average molecular weight is 425 g/mol. The predicted molar refractivity (Wildman–Crippen MR) is 112 cm³/mol. The van der Waals surface area contributed by atoms with Gasteiger partial charge >= 0.3 is 0 Å². The molecule has 8 heteroatoms. The highest BCUT2D eigenvalue weighted by atomic mass is 32.2. The number of aliphatic imine (C=N–C) groups is 1. The van der Waals surface area contributed by atoms with Crippen molar-refractivity contribution in [3.8, 4) is 11.1 Å². The van der Waals surface area contributed by atoms with Crippen LogP contribution in [0.4, 0.5) is 0 Å². The molecule has 29 heavy (non-hydrogen) atoms. The lowest BCUT2D eigenvalue weighted by Gasteiger charge is -2.13. The minimum Gasteiger partial charge on any atom is -0.292 e. The highest BCUT2D eigenvalue weighted by molar-refractivity contribution is 7.89. The zero-order valence-corrected chi connectivity index (χ0v) is 17.0. The predicted octanol–water partition coefficient (Wildman–Crippen LogP) is 3.24. The minimum absolute atomic E-state index is 0.126. The molecule has 1 aliphatic rings. The number of benzene rings is 2. The Balaban J connectivity index is 1.78. The summed E-state index contributed by atoms with van der Waals surface area (Å²) in [7, 11) is -3.94. The SMILES string of the molecule is Cc1ccc(-c2csc3c2C(=O)CN=C3C(=O)c2cccc(S(N)(=O)=O)c2)cc1. The van der Waals surface area contributed by atoms with E-state index in [1.807, 2.05) is 36.6 Å². The molecule has 2 N–H and O–H groups in total. The van der Waals surface area contributed by atoms with Gasteiger partial charge in [-0.25, -0.2) is 13.6 Å². The molecule has 0 atom stereocenters. The van der Waals surface area contributed by atoms with Crippen LogP contribution in [0.1, 0.15) is 31.2 Å². The van der Waals surface area contributed by atoms with Gasteiger partial charge in [-0.05, 0) is 24.6 Å². The third-order valence-corrected chi connectivity index (χ3v) is 6.57. The van der Waals surface area contributed by atoms with E-state index in [1.165, 1.54) is 35.6 Å². The molecule has 0 saturated carbocycles. The number of Topliss-reactive ketones (excluding diaryl/α,β-unsaturated/α-hetero) is 2. The molecule has 1 aliphatic heterocycles. The molecule has 1 aromatic heterocycles. The molecule has 0 spiro atoms. The van der Waals surface area contributed by atoms with E-state index in [4.69, 9.17) is 5.14 Å². The van der Waals surface area contributed by atoms with Crippen LogP contribution in [-0.4, -0.2) is 32.2 Å². The van der Waals surface area contributed by atoms with Gasteiger partial charge in [-0.3, -0.25) is 14.6 Å². The van der Waals surface area contributed by atoms with E-state index in [1.54, 1.807) is 0 Å². The second-order valence-corrected chi connectivity index (χ2v) is 9.15. The number of rotatable bonds is 4. The molecule has 2 aromatic carbocycles. The largest absolute Gasteiger partial charge is 0.292 e. The Hall–Kier alpha value is -2.94. The minimum atomic E-state index is -3.94. The number of carbonyl (C=O) groups is 2. The maximum atomic E-state index is 13.1. The van der Waals surface area contributed by atoms with Gasteiger partial charge in [0.2, 0.25) is 15.8 Å². The Morgan fingerprint density at radius 2 is 1.86 bits per heavy atom. The second kappa shape index (κ2) is 7.14. The lowest BCUT2D eigenvalue weighted by molar-refractivity contribution is 0.100. The number of carbonyl (C=O) groups excluding carboxylic acids is 2. The topological polar surface area (TPSA) is 107 Å². The van der Waals surface area contributed by atoms with Crippen molar-refractivity contribution in [2.45, 2.75) is 11.8 Å². The van der Waals surface area contributed by atoms with Gasteiger partial charge < -0.3 is 0 Å². The zero-order valence-electron chi connectivity index (χ0n) is 15.4. The summed E-state index contributed by atoms with van der Waals surface area (Å²) >= 11 is 1.28.